The summed E-state index contributed by atoms with van der Waals surface area (Å²) in [5, 5.41) is 3.93. The Balaban J connectivity index is 1.39. The fraction of sp³-hybridized carbons (Fsp3) is 0.238. The standard InChI is InChI=1S/C21H22N2O2/c1-16-6-9-19(10-7-16)25-14-3-2-12-23-21(24)18-8-11-20-17(15-18)5-4-13-22-20/h4-11,13,15H,2-3,12,14H2,1H3,(H,23,24). The number of carbonyl (C=O) groups excluding carboxylic acids is 1. The van der Waals surface area contributed by atoms with E-state index in [1.165, 1.54) is 5.56 Å². The van der Waals surface area contributed by atoms with Gasteiger partial charge in [0, 0.05) is 23.7 Å². The van der Waals surface area contributed by atoms with Crippen molar-refractivity contribution in [3.8, 4) is 5.75 Å². The number of hydrogen-bond acceptors (Lipinski definition) is 3. The molecule has 0 unspecified atom stereocenters. The summed E-state index contributed by atoms with van der Waals surface area (Å²) >= 11 is 0. The molecular formula is C21H22N2O2. The van der Waals surface area contributed by atoms with Gasteiger partial charge in [-0.1, -0.05) is 23.8 Å². The van der Waals surface area contributed by atoms with Crippen LogP contribution in [0.25, 0.3) is 10.9 Å². The highest BCUT2D eigenvalue weighted by Crippen LogP contribution is 2.13. The number of nitrogens with zero attached hydrogens (tertiary/aromatic N) is 1. The molecule has 0 atom stereocenters. The highest BCUT2D eigenvalue weighted by atomic mass is 16.5. The lowest BCUT2D eigenvalue weighted by molar-refractivity contribution is 0.0952. The Morgan fingerprint density at radius 1 is 1.08 bits per heavy atom. The van der Waals surface area contributed by atoms with E-state index in [4.69, 9.17) is 4.74 Å². The first-order valence-corrected chi connectivity index (χ1v) is 8.55. The molecule has 1 heterocycles. The number of amides is 1. The van der Waals surface area contributed by atoms with Crippen molar-refractivity contribution in [1.82, 2.24) is 10.3 Å². The second kappa shape index (κ2) is 8.29. The summed E-state index contributed by atoms with van der Waals surface area (Å²) in [6.45, 7) is 3.35. The quantitative estimate of drug-likeness (QED) is 0.661. The van der Waals surface area contributed by atoms with Crippen LogP contribution >= 0.6 is 0 Å². The molecule has 0 aliphatic rings. The van der Waals surface area contributed by atoms with Crippen LogP contribution in [0.3, 0.4) is 0 Å². The zero-order valence-electron chi connectivity index (χ0n) is 14.4. The van der Waals surface area contributed by atoms with Crippen LogP contribution in [0.15, 0.2) is 60.8 Å². The Kier molecular flexibility index (Phi) is 5.62. The van der Waals surface area contributed by atoms with Crippen LogP contribution < -0.4 is 10.1 Å². The number of aryl methyl sites for hydroxylation is 1. The maximum atomic E-state index is 12.2. The van der Waals surface area contributed by atoms with Crippen LogP contribution in [0.5, 0.6) is 5.75 Å². The first kappa shape index (κ1) is 17.0. The molecule has 0 fully saturated rings. The summed E-state index contributed by atoms with van der Waals surface area (Å²) in [6.07, 6.45) is 3.53. The van der Waals surface area contributed by atoms with Gasteiger partial charge in [-0.3, -0.25) is 9.78 Å². The molecule has 2 aromatic carbocycles. The fourth-order valence-corrected chi connectivity index (χ4v) is 2.57. The second-order valence-corrected chi connectivity index (χ2v) is 6.04. The number of nitrogens with one attached hydrogen (secondary N) is 1. The smallest absolute Gasteiger partial charge is 0.251 e. The Labute approximate surface area is 147 Å². The minimum Gasteiger partial charge on any atom is -0.494 e. The average Bonchev–Trinajstić information content (AvgIpc) is 2.65. The van der Waals surface area contributed by atoms with Crippen molar-refractivity contribution >= 4 is 16.8 Å². The average molecular weight is 334 g/mol. The molecule has 3 rings (SSSR count). The molecule has 1 N–H and O–H groups in total. The lowest BCUT2D eigenvalue weighted by Crippen LogP contribution is -2.24. The van der Waals surface area contributed by atoms with Crippen molar-refractivity contribution in [2.75, 3.05) is 13.2 Å². The SMILES string of the molecule is Cc1ccc(OCCCCNC(=O)c2ccc3ncccc3c2)cc1. The Bertz CT molecular complexity index is 844. The van der Waals surface area contributed by atoms with E-state index >= 15 is 0 Å². The van der Waals surface area contributed by atoms with Crippen molar-refractivity contribution in [2.24, 2.45) is 0 Å². The predicted molar refractivity (Wildman–Crippen MR) is 100.0 cm³/mol. The third-order valence-electron chi connectivity index (χ3n) is 4.01. The summed E-state index contributed by atoms with van der Waals surface area (Å²) in [6, 6.07) is 17.4. The van der Waals surface area contributed by atoms with E-state index < -0.39 is 0 Å². The topological polar surface area (TPSA) is 51.2 Å². The summed E-state index contributed by atoms with van der Waals surface area (Å²) in [5.41, 5.74) is 2.78. The largest absolute Gasteiger partial charge is 0.494 e. The Morgan fingerprint density at radius 3 is 2.76 bits per heavy atom. The number of aromatic nitrogens is 1. The molecule has 0 spiro atoms. The number of carbonyl (C=O) groups is 1. The molecule has 1 amide bonds. The summed E-state index contributed by atoms with van der Waals surface area (Å²) in [7, 11) is 0. The zero-order chi connectivity index (χ0) is 17.5. The van der Waals surface area contributed by atoms with Gasteiger partial charge in [0.25, 0.3) is 5.91 Å². The number of benzene rings is 2. The van der Waals surface area contributed by atoms with Gasteiger partial charge in [0.1, 0.15) is 5.75 Å². The molecule has 0 bridgehead atoms. The fourth-order valence-electron chi connectivity index (χ4n) is 2.57. The van der Waals surface area contributed by atoms with Crippen LogP contribution in [0.1, 0.15) is 28.8 Å². The van der Waals surface area contributed by atoms with Gasteiger partial charge in [0.2, 0.25) is 0 Å². The monoisotopic (exact) mass is 334 g/mol. The molecule has 1 aromatic heterocycles. The van der Waals surface area contributed by atoms with Crippen LogP contribution in [0, 0.1) is 6.92 Å². The van der Waals surface area contributed by atoms with Crippen molar-refractivity contribution < 1.29 is 9.53 Å². The summed E-state index contributed by atoms with van der Waals surface area (Å²) in [5.74, 6) is 0.838. The predicted octanol–water partition coefficient (Wildman–Crippen LogP) is 4.13. The van der Waals surface area contributed by atoms with Crippen molar-refractivity contribution in [3.63, 3.8) is 0 Å². The summed E-state index contributed by atoms with van der Waals surface area (Å²) in [4.78, 5) is 16.5. The molecule has 0 aliphatic carbocycles. The molecular weight excluding hydrogens is 312 g/mol. The molecule has 128 valence electrons. The van der Waals surface area contributed by atoms with Gasteiger partial charge in [-0.05, 0) is 56.2 Å². The maximum Gasteiger partial charge on any atom is 0.251 e. The third-order valence-corrected chi connectivity index (χ3v) is 4.01. The van der Waals surface area contributed by atoms with Crippen molar-refractivity contribution in [3.05, 3.63) is 71.9 Å². The number of rotatable bonds is 7. The second-order valence-electron chi connectivity index (χ2n) is 6.04. The molecule has 4 nitrogen and oxygen atoms in total. The molecule has 0 radical (unpaired) electrons. The van der Waals surface area contributed by atoms with Crippen LogP contribution in [-0.4, -0.2) is 24.0 Å². The van der Waals surface area contributed by atoms with E-state index in [2.05, 4.69) is 17.2 Å². The minimum absolute atomic E-state index is 0.0507. The van der Waals surface area contributed by atoms with E-state index in [0.29, 0.717) is 18.7 Å². The van der Waals surface area contributed by atoms with Gasteiger partial charge in [-0.2, -0.15) is 0 Å². The number of hydrogen-bond donors (Lipinski definition) is 1. The number of fused-ring (bicyclic) bond motifs is 1. The van der Waals surface area contributed by atoms with Crippen LogP contribution in [0.2, 0.25) is 0 Å². The first-order chi connectivity index (χ1) is 12.2. The Hall–Kier alpha value is -2.88. The van der Waals surface area contributed by atoms with Crippen LogP contribution in [0.4, 0.5) is 0 Å². The van der Waals surface area contributed by atoms with E-state index in [9.17, 15) is 4.79 Å². The molecule has 0 saturated heterocycles. The molecule has 0 aliphatic heterocycles. The van der Waals surface area contributed by atoms with E-state index in [1.54, 1.807) is 6.20 Å². The van der Waals surface area contributed by atoms with Crippen molar-refractivity contribution in [1.29, 1.82) is 0 Å². The number of pyridine rings is 1. The highest BCUT2D eigenvalue weighted by Gasteiger charge is 2.06. The number of unbranched alkanes of at least 4 members (excludes halogenated alkanes) is 1. The Morgan fingerprint density at radius 2 is 1.92 bits per heavy atom. The summed E-state index contributed by atoms with van der Waals surface area (Å²) < 4.78 is 5.68. The molecule has 0 saturated carbocycles. The molecule has 4 heteroatoms. The first-order valence-electron chi connectivity index (χ1n) is 8.55. The van der Waals surface area contributed by atoms with E-state index in [1.807, 2.05) is 54.6 Å². The van der Waals surface area contributed by atoms with E-state index in [0.717, 1.165) is 29.5 Å². The lowest BCUT2D eigenvalue weighted by Gasteiger charge is -2.08. The highest BCUT2D eigenvalue weighted by molar-refractivity contribution is 5.97. The van der Waals surface area contributed by atoms with Gasteiger partial charge in [-0.15, -0.1) is 0 Å². The number of ether oxygens (including phenoxy) is 1. The van der Waals surface area contributed by atoms with Gasteiger partial charge in [-0.25, -0.2) is 0 Å². The normalized spacial score (nSPS) is 10.6. The molecule has 25 heavy (non-hydrogen) atoms. The minimum atomic E-state index is -0.0507. The van der Waals surface area contributed by atoms with Gasteiger partial charge in [0.15, 0.2) is 0 Å². The zero-order valence-corrected chi connectivity index (χ0v) is 14.4. The van der Waals surface area contributed by atoms with Crippen LogP contribution in [-0.2, 0) is 0 Å². The van der Waals surface area contributed by atoms with Gasteiger partial charge >= 0.3 is 0 Å². The third kappa shape index (κ3) is 4.80. The van der Waals surface area contributed by atoms with Crippen molar-refractivity contribution in [2.45, 2.75) is 19.8 Å². The molecule has 3 aromatic rings. The van der Waals surface area contributed by atoms with E-state index in [-0.39, 0.29) is 5.91 Å². The maximum absolute atomic E-state index is 12.2. The lowest BCUT2D eigenvalue weighted by atomic mass is 10.1. The van der Waals surface area contributed by atoms with Gasteiger partial charge < -0.3 is 10.1 Å². The van der Waals surface area contributed by atoms with Gasteiger partial charge in [0.05, 0.1) is 12.1 Å².